The van der Waals surface area contributed by atoms with Gasteiger partial charge in [-0.3, -0.25) is 0 Å². The molecule has 2 fully saturated rings. The Hall–Kier alpha value is -2.74. The number of hydrogen-bond donors (Lipinski definition) is 2. The molecule has 1 aliphatic heterocycles. The largest absolute Gasteiger partial charge is 0.340 e. The molecule has 2 N–H and O–H groups in total. The third-order valence-corrected chi connectivity index (χ3v) is 5.73. The van der Waals surface area contributed by atoms with E-state index >= 15 is 0 Å². The zero-order valence-electron chi connectivity index (χ0n) is 15.8. The maximum Gasteiger partial charge on any atom is 0.227 e. The van der Waals surface area contributed by atoms with Crippen LogP contribution in [0.2, 0.25) is 0 Å². The number of fused-ring (bicyclic) bond motifs is 2. The lowest BCUT2D eigenvalue weighted by Crippen LogP contribution is -2.30. The van der Waals surface area contributed by atoms with Crippen molar-refractivity contribution in [3.63, 3.8) is 0 Å². The van der Waals surface area contributed by atoms with Crippen LogP contribution in [0, 0.1) is 11.8 Å². The fraction of sp³-hybridized carbons (Fsp3) is 0.474. The molecule has 0 bridgehead atoms. The van der Waals surface area contributed by atoms with Crippen LogP contribution in [-0.4, -0.2) is 50.7 Å². The number of nitrogens with zero attached hydrogens (tertiary/aromatic N) is 6. The summed E-state index contributed by atoms with van der Waals surface area (Å²) in [5.74, 6) is 3.77. The van der Waals surface area contributed by atoms with Crippen molar-refractivity contribution in [1.82, 2.24) is 29.8 Å². The minimum atomic E-state index is 0.346. The van der Waals surface area contributed by atoms with Gasteiger partial charge in [0.25, 0.3) is 0 Å². The van der Waals surface area contributed by atoms with Gasteiger partial charge in [-0.25, -0.2) is 15.0 Å². The van der Waals surface area contributed by atoms with Crippen LogP contribution in [0.15, 0.2) is 30.9 Å². The maximum absolute atomic E-state index is 4.70. The first-order chi connectivity index (χ1) is 13.1. The van der Waals surface area contributed by atoms with Gasteiger partial charge in [-0.2, -0.15) is 4.98 Å². The molecular weight excluding hydrogens is 340 g/mol. The Balaban J connectivity index is 1.35. The van der Waals surface area contributed by atoms with Crippen molar-refractivity contribution in [3.8, 4) is 0 Å². The van der Waals surface area contributed by atoms with Crippen LogP contribution in [-0.2, 0) is 0 Å². The summed E-state index contributed by atoms with van der Waals surface area (Å²) in [5, 5.41) is 6.70. The minimum absolute atomic E-state index is 0.346. The fourth-order valence-electron chi connectivity index (χ4n) is 4.23. The van der Waals surface area contributed by atoms with Gasteiger partial charge in [0.2, 0.25) is 5.95 Å². The third kappa shape index (κ3) is 2.80. The number of nitrogens with one attached hydrogen (secondary N) is 2. The van der Waals surface area contributed by atoms with Gasteiger partial charge in [-0.15, -0.1) is 0 Å². The summed E-state index contributed by atoms with van der Waals surface area (Å²) < 4.78 is 2.14. The third-order valence-electron chi connectivity index (χ3n) is 5.73. The number of hydrogen-bond acceptors (Lipinski definition) is 7. The molecule has 0 aromatic carbocycles. The second-order valence-corrected chi connectivity index (χ2v) is 7.72. The molecule has 8 heteroatoms. The van der Waals surface area contributed by atoms with Gasteiger partial charge in [-0.05, 0) is 38.8 Å². The van der Waals surface area contributed by atoms with E-state index in [1.54, 1.807) is 12.4 Å². The van der Waals surface area contributed by atoms with Crippen LogP contribution in [0.25, 0.3) is 11.0 Å². The summed E-state index contributed by atoms with van der Waals surface area (Å²) >= 11 is 0. The van der Waals surface area contributed by atoms with E-state index in [0.717, 1.165) is 53.5 Å². The molecular formula is C19H24N8. The van der Waals surface area contributed by atoms with Gasteiger partial charge in [0, 0.05) is 37.4 Å². The topological polar surface area (TPSA) is 83.8 Å². The van der Waals surface area contributed by atoms with E-state index < -0.39 is 0 Å². The van der Waals surface area contributed by atoms with E-state index in [9.17, 15) is 0 Å². The molecule has 1 saturated heterocycles. The Bertz CT molecular complexity index is 969. The number of imidazole rings is 1. The van der Waals surface area contributed by atoms with E-state index in [1.807, 2.05) is 25.5 Å². The highest BCUT2D eigenvalue weighted by Crippen LogP contribution is 2.45. The van der Waals surface area contributed by atoms with Crippen molar-refractivity contribution in [2.75, 3.05) is 30.4 Å². The first kappa shape index (κ1) is 16.4. The first-order valence-corrected chi connectivity index (χ1v) is 9.49. The standard InChI is InChI=1S/C19H24N8/c1-11(2)27-10-23-14-7-22-17(6-15(14)27)24-16-4-5-21-19(25-16)26-8-12-13(9-26)18(12)20-3/h4-7,10-13,18,20H,8-9H2,1-3H3,(H,21,22,24,25). The maximum atomic E-state index is 4.70. The Morgan fingerprint density at radius 1 is 1.11 bits per heavy atom. The predicted octanol–water partition coefficient (Wildman–Crippen LogP) is 2.20. The van der Waals surface area contributed by atoms with Gasteiger partial charge in [0.1, 0.15) is 17.2 Å². The minimum Gasteiger partial charge on any atom is -0.340 e. The zero-order valence-corrected chi connectivity index (χ0v) is 15.8. The van der Waals surface area contributed by atoms with Gasteiger partial charge in [-0.1, -0.05) is 0 Å². The molecule has 3 aromatic heterocycles. The summed E-state index contributed by atoms with van der Waals surface area (Å²) in [4.78, 5) is 20.3. The number of aromatic nitrogens is 5. The van der Waals surface area contributed by atoms with Crippen LogP contribution in [0.4, 0.5) is 17.6 Å². The molecule has 4 heterocycles. The molecule has 1 saturated carbocycles. The lowest BCUT2D eigenvalue weighted by atomic mass is 10.3. The molecule has 0 spiro atoms. The molecule has 2 unspecified atom stereocenters. The number of rotatable bonds is 5. The van der Waals surface area contributed by atoms with Crippen molar-refractivity contribution in [2.45, 2.75) is 25.9 Å². The van der Waals surface area contributed by atoms with E-state index in [1.165, 1.54) is 0 Å². The van der Waals surface area contributed by atoms with E-state index in [2.05, 4.69) is 48.9 Å². The summed E-state index contributed by atoms with van der Waals surface area (Å²) in [5.41, 5.74) is 1.96. The Morgan fingerprint density at radius 2 is 1.93 bits per heavy atom. The van der Waals surface area contributed by atoms with Crippen molar-refractivity contribution >= 4 is 28.6 Å². The fourth-order valence-corrected chi connectivity index (χ4v) is 4.23. The molecule has 140 valence electrons. The number of piperidine rings is 1. The van der Waals surface area contributed by atoms with Crippen LogP contribution in [0.5, 0.6) is 0 Å². The molecule has 3 aromatic rings. The Morgan fingerprint density at radius 3 is 2.67 bits per heavy atom. The lowest BCUT2D eigenvalue weighted by molar-refractivity contribution is 0.617. The van der Waals surface area contributed by atoms with Gasteiger partial charge >= 0.3 is 0 Å². The average molecular weight is 364 g/mol. The molecule has 2 atom stereocenters. The van der Waals surface area contributed by atoms with Crippen molar-refractivity contribution in [3.05, 3.63) is 30.9 Å². The highest BCUT2D eigenvalue weighted by molar-refractivity contribution is 5.78. The second-order valence-electron chi connectivity index (χ2n) is 7.72. The van der Waals surface area contributed by atoms with Crippen LogP contribution >= 0.6 is 0 Å². The zero-order chi connectivity index (χ0) is 18.5. The van der Waals surface area contributed by atoms with Crippen LogP contribution in [0.3, 0.4) is 0 Å². The Labute approximate surface area is 158 Å². The van der Waals surface area contributed by atoms with Gasteiger partial charge in [0.05, 0.1) is 18.0 Å². The first-order valence-electron chi connectivity index (χ1n) is 9.49. The molecule has 2 aliphatic rings. The molecule has 0 radical (unpaired) electrons. The molecule has 5 rings (SSSR count). The summed E-state index contributed by atoms with van der Waals surface area (Å²) in [6.07, 6.45) is 5.46. The molecule has 0 amide bonds. The quantitative estimate of drug-likeness (QED) is 0.718. The summed E-state index contributed by atoms with van der Waals surface area (Å²) in [6, 6.07) is 4.91. The van der Waals surface area contributed by atoms with Crippen molar-refractivity contribution < 1.29 is 0 Å². The molecule has 8 nitrogen and oxygen atoms in total. The summed E-state index contributed by atoms with van der Waals surface area (Å²) in [6.45, 7) is 6.34. The molecule has 27 heavy (non-hydrogen) atoms. The summed E-state index contributed by atoms with van der Waals surface area (Å²) in [7, 11) is 2.05. The number of anilines is 3. The predicted molar refractivity (Wildman–Crippen MR) is 105 cm³/mol. The number of pyridine rings is 1. The van der Waals surface area contributed by atoms with Crippen LogP contribution in [0.1, 0.15) is 19.9 Å². The van der Waals surface area contributed by atoms with E-state index in [0.29, 0.717) is 12.1 Å². The lowest BCUT2D eigenvalue weighted by Gasteiger charge is -2.20. The van der Waals surface area contributed by atoms with Crippen molar-refractivity contribution in [1.29, 1.82) is 0 Å². The molecule has 1 aliphatic carbocycles. The van der Waals surface area contributed by atoms with Gasteiger partial charge in [0.15, 0.2) is 0 Å². The average Bonchev–Trinajstić information content (AvgIpc) is 3.00. The van der Waals surface area contributed by atoms with Crippen LogP contribution < -0.4 is 15.5 Å². The van der Waals surface area contributed by atoms with Crippen molar-refractivity contribution in [2.24, 2.45) is 11.8 Å². The highest BCUT2D eigenvalue weighted by Gasteiger charge is 2.55. The van der Waals surface area contributed by atoms with Gasteiger partial charge < -0.3 is 20.1 Å². The van der Waals surface area contributed by atoms with E-state index in [4.69, 9.17) is 4.98 Å². The smallest absolute Gasteiger partial charge is 0.227 e. The SMILES string of the molecule is CNC1C2CN(c3nccc(Nc4cc5c(cn4)ncn5C(C)C)n3)CC21. The normalized spacial score (nSPS) is 23.9. The van der Waals surface area contributed by atoms with E-state index in [-0.39, 0.29) is 0 Å². The second kappa shape index (κ2) is 6.16. The Kier molecular flexibility index (Phi) is 3.75. The highest BCUT2D eigenvalue weighted by atomic mass is 15.3. The monoisotopic (exact) mass is 364 g/mol.